The Hall–Kier alpha value is -3.63. The second kappa shape index (κ2) is 13.6. The SMILES string of the molecule is CCCCN(C(=O)Nc1ccc(F)cc1)C1CCN(Cc2ccc(Oc3ccc(NS(C)(=O)=O)cc3)cc2)CC1. The number of nitrogens with zero attached hydrogens (tertiary/aromatic N) is 2. The van der Waals surface area contributed by atoms with Crippen molar-refractivity contribution in [2.24, 2.45) is 0 Å². The van der Waals surface area contributed by atoms with Crippen molar-refractivity contribution in [2.75, 3.05) is 35.9 Å². The van der Waals surface area contributed by atoms with Crippen LogP contribution in [-0.2, 0) is 16.6 Å². The fourth-order valence-electron chi connectivity index (χ4n) is 4.76. The summed E-state index contributed by atoms with van der Waals surface area (Å²) in [5.74, 6) is 0.987. The standard InChI is InChI=1S/C30H37FN4O4S/c1-3-4-19-35(30(36)32-25-9-7-24(31)8-10-25)27-17-20-34(21-18-27)22-23-5-13-28(14-6-23)39-29-15-11-26(12-16-29)33-40(2,37)38/h5-16,27,33H,3-4,17-22H2,1-2H3,(H,32,36). The Bertz CT molecular complexity index is 1340. The Labute approximate surface area is 236 Å². The van der Waals surface area contributed by atoms with Crippen molar-refractivity contribution in [1.29, 1.82) is 0 Å². The summed E-state index contributed by atoms with van der Waals surface area (Å²) in [6.45, 7) is 5.42. The molecule has 4 rings (SSSR count). The van der Waals surface area contributed by atoms with Crippen molar-refractivity contribution in [1.82, 2.24) is 9.80 Å². The molecule has 2 N–H and O–H groups in total. The molecule has 1 aliphatic rings. The molecule has 3 aromatic rings. The number of piperidine rings is 1. The molecule has 1 aliphatic heterocycles. The van der Waals surface area contributed by atoms with Gasteiger partial charge in [-0.05, 0) is 85.5 Å². The molecule has 2 amide bonds. The van der Waals surface area contributed by atoms with Crippen LogP contribution < -0.4 is 14.8 Å². The summed E-state index contributed by atoms with van der Waals surface area (Å²) in [4.78, 5) is 17.4. The molecule has 10 heteroatoms. The van der Waals surface area contributed by atoms with E-state index >= 15 is 0 Å². The minimum atomic E-state index is -3.32. The van der Waals surface area contributed by atoms with Crippen LogP contribution in [0.25, 0.3) is 0 Å². The Balaban J connectivity index is 1.27. The molecule has 0 aromatic heterocycles. The number of benzene rings is 3. The molecule has 0 radical (unpaired) electrons. The van der Waals surface area contributed by atoms with Crippen molar-refractivity contribution in [2.45, 2.75) is 45.2 Å². The number of carbonyl (C=O) groups excluding carboxylic acids is 1. The Morgan fingerprint density at radius 2 is 1.52 bits per heavy atom. The van der Waals surface area contributed by atoms with Gasteiger partial charge in [0.15, 0.2) is 0 Å². The van der Waals surface area contributed by atoms with Crippen molar-refractivity contribution < 1.29 is 22.3 Å². The molecule has 0 unspecified atom stereocenters. The van der Waals surface area contributed by atoms with Crippen LogP contribution in [0.15, 0.2) is 72.8 Å². The molecular weight excluding hydrogens is 531 g/mol. The predicted octanol–water partition coefficient (Wildman–Crippen LogP) is 6.29. The first-order valence-electron chi connectivity index (χ1n) is 13.6. The summed E-state index contributed by atoms with van der Waals surface area (Å²) in [6.07, 6.45) is 4.84. The molecule has 0 bridgehead atoms. The van der Waals surface area contributed by atoms with E-state index in [4.69, 9.17) is 4.74 Å². The predicted molar refractivity (Wildman–Crippen MR) is 157 cm³/mol. The average molecular weight is 569 g/mol. The molecule has 0 saturated carbocycles. The maximum absolute atomic E-state index is 13.2. The maximum atomic E-state index is 13.2. The summed E-state index contributed by atoms with van der Waals surface area (Å²) in [5.41, 5.74) is 2.25. The summed E-state index contributed by atoms with van der Waals surface area (Å²) < 4.78 is 44.3. The zero-order valence-corrected chi connectivity index (χ0v) is 23.8. The number of hydrogen-bond donors (Lipinski definition) is 2. The number of anilines is 2. The first-order valence-corrected chi connectivity index (χ1v) is 15.5. The number of amides is 2. The van der Waals surface area contributed by atoms with E-state index in [1.807, 2.05) is 29.2 Å². The van der Waals surface area contributed by atoms with Gasteiger partial charge in [0.2, 0.25) is 10.0 Å². The fraction of sp³-hybridized carbons (Fsp3) is 0.367. The highest BCUT2D eigenvalue weighted by Gasteiger charge is 2.27. The highest BCUT2D eigenvalue weighted by molar-refractivity contribution is 7.92. The molecule has 1 heterocycles. The highest BCUT2D eigenvalue weighted by Crippen LogP contribution is 2.25. The third-order valence-corrected chi connectivity index (χ3v) is 7.44. The van der Waals surface area contributed by atoms with Gasteiger partial charge in [0.05, 0.1) is 6.26 Å². The lowest BCUT2D eigenvalue weighted by atomic mass is 10.0. The van der Waals surface area contributed by atoms with E-state index in [2.05, 4.69) is 21.9 Å². The molecule has 214 valence electrons. The molecule has 8 nitrogen and oxygen atoms in total. The van der Waals surface area contributed by atoms with Crippen LogP contribution in [0.3, 0.4) is 0 Å². The minimum absolute atomic E-state index is 0.129. The highest BCUT2D eigenvalue weighted by atomic mass is 32.2. The van der Waals surface area contributed by atoms with Crippen molar-refractivity contribution >= 4 is 27.4 Å². The van der Waals surface area contributed by atoms with Gasteiger partial charge >= 0.3 is 6.03 Å². The molecule has 3 aromatic carbocycles. The summed E-state index contributed by atoms with van der Waals surface area (Å²) in [6, 6.07) is 20.6. The summed E-state index contributed by atoms with van der Waals surface area (Å²) >= 11 is 0. The smallest absolute Gasteiger partial charge is 0.322 e. The molecule has 0 aliphatic carbocycles. The lowest BCUT2D eigenvalue weighted by molar-refractivity contribution is 0.122. The van der Waals surface area contributed by atoms with E-state index < -0.39 is 10.0 Å². The fourth-order valence-corrected chi connectivity index (χ4v) is 5.32. The topological polar surface area (TPSA) is 91.0 Å². The third kappa shape index (κ3) is 8.96. The van der Waals surface area contributed by atoms with Gasteiger partial charge in [-0.25, -0.2) is 17.6 Å². The lowest BCUT2D eigenvalue weighted by Crippen LogP contribution is -2.49. The number of sulfonamides is 1. The quantitative estimate of drug-likeness (QED) is 0.284. The molecule has 0 atom stereocenters. The van der Waals surface area contributed by atoms with Gasteiger partial charge in [-0.2, -0.15) is 0 Å². The van der Waals surface area contributed by atoms with E-state index in [1.165, 1.54) is 17.7 Å². The second-order valence-electron chi connectivity index (χ2n) is 10.1. The minimum Gasteiger partial charge on any atom is -0.457 e. The Morgan fingerprint density at radius 3 is 2.10 bits per heavy atom. The molecule has 1 fully saturated rings. The van der Waals surface area contributed by atoms with Crippen LogP contribution in [0.2, 0.25) is 0 Å². The number of urea groups is 1. The number of hydrogen-bond acceptors (Lipinski definition) is 5. The maximum Gasteiger partial charge on any atom is 0.322 e. The van der Waals surface area contributed by atoms with E-state index in [0.717, 1.165) is 51.6 Å². The van der Waals surface area contributed by atoms with Crippen molar-refractivity contribution in [3.05, 3.63) is 84.2 Å². The van der Waals surface area contributed by atoms with Crippen molar-refractivity contribution in [3.63, 3.8) is 0 Å². The number of nitrogens with one attached hydrogen (secondary N) is 2. The molecular formula is C30H37FN4O4S. The van der Waals surface area contributed by atoms with Crippen LogP contribution in [0, 0.1) is 5.82 Å². The average Bonchev–Trinajstić information content (AvgIpc) is 2.92. The lowest BCUT2D eigenvalue weighted by Gasteiger charge is -2.38. The normalized spacial score (nSPS) is 14.5. The number of likely N-dealkylation sites (tertiary alicyclic amines) is 1. The first kappa shape index (κ1) is 29.4. The number of ether oxygens (including phenoxy) is 1. The van der Waals surface area contributed by atoms with E-state index in [1.54, 1.807) is 36.4 Å². The number of carbonyl (C=O) groups is 1. The Morgan fingerprint density at radius 1 is 0.950 bits per heavy atom. The van der Waals surface area contributed by atoms with Gasteiger partial charge < -0.3 is 15.0 Å². The third-order valence-electron chi connectivity index (χ3n) is 6.83. The van der Waals surface area contributed by atoms with Crippen LogP contribution in [0.4, 0.5) is 20.6 Å². The van der Waals surface area contributed by atoms with Crippen LogP contribution in [-0.4, -0.2) is 56.2 Å². The van der Waals surface area contributed by atoms with E-state index in [0.29, 0.717) is 29.4 Å². The van der Waals surface area contributed by atoms with Gasteiger partial charge in [0, 0.05) is 43.6 Å². The van der Waals surface area contributed by atoms with E-state index in [-0.39, 0.29) is 17.9 Å². The zero-order chi connectivity index (χ0) is 28.5. The summed E-state index contributed by atoms with van der Waals surface area (Å²) in [5, 5.41) is 2.93. The zero-order valence-electron chi connectivity index (χ0n) is 23.0. The molecule has 40 heavy (non-hydrogen) atoms. The van der Waals surface area contributed by atoms with Crippen molar-refractivity contribution in [3.8, 4) is 11.5 Å². The number of halogens is 1. The largest absolute Gasteiger partial charge is 0.457 e. The second-order valence-corrected chi connectivity index (χ2v) is 11.9. The number of rotatable bonds is 11. The Kier molecular flexibility index (Phi) is 10.0. The van der Waals surface area contributed by atoms with Gasteiger partial charge in [-0.15, -0.1) is 0 Å². The number of unbranched alkanes of at least 4 members (excludes halogenated alkanes) is 1. The van der Waals surface area contributed by atoms with Gasteiger partial charge in [-0.3, -0.25) is 9.62 Å². The van der Waals surface area contributed by atoms with Gasteiger partial charge in [0.1, 0.15) is 17.3 Å². The first-order chi connectivity index (χ1) is 19.2. The summed E-state index contributed by atoms with van der Waals surface area (Å²) in [7, 11) is -3.32. The van der Waals surface area contributed by atoms with Crippen LogP contribution >= 0.6 is 0 Å². The van der Waals surface area contributed by atoms with Gasteiger partial charge in [0.25, 0.3) is 0 Å². The van der Waals surface area contributed by atoms with Crippen LogP contribution in [0.1, 0.15) is 38.2 Å². The van der Waals surface area contributed by atoms with Gasteiger partial charge in [-0.1, -0.05) is 25.5 Å². The molecule has 0 spiro atoms. The van der Waals surface area contributed by atoms with E-state index in [9.17, 15) is 17.6 Å². The monoisotopic (exact) mass is 568 g/mol. The molecule has 1 saturated heterocycles. The van der Waals surface area contributed by atoms with Crippen LogP contribution in [0.5, 0.6) is 11.5 Å².